The average Bonchev–Trinajstić information content (AvgIpc) is 3.26. The van der Waals surface area contributed by atoms with Crippen LogP contribution in [0.2, 0.25) is 0 Å². The van der Waals surface area contributed by atoms with Gasteiger partial charge >= 0.3 is 11.9 Å². The number of aromatic nitrogens is 2. The van der Waals surface area contributed by atoms with Gasteiger partial charge in [-0.3, -0.25) is 9.59 Å². The molecule has 2 aliphatic rings. The predicted molar refractivity (Wildman–Crippen MR) is 144 cm³/mol. The summed E-state index contributed by atoms with van der Waals surface area (Å²) in [7, 11) is 0. The number of carbonyl (C=O) groups is 2. The Morgan fingerprint density at radius 2 is 1.90 bits per heavy atom. The molecular formula is C31H26N2O6. The Morgan fingerprint density at radius 1 is 1.13 bits per heavy atom. The van der Waals surface area contributed by atoms with Crippen molar-refractivity contribution in [3.8, 4) is 11.4 Å². The van der Waals surface area contributed by atoms with E-state index in [1.807, 2.05) is 54.6 Å². The fourth-order valence-corrected chi connectivity index (χ4v) is 5.40. The van der Waals surface area contributed by atoms with E-state index < -0.39 is 17.5 Å². The number of esters is 2. The maximum Gasteiger partial charge on any atom is 0.331 e. The summed E-state index contributed by atoms with van der Waals surface area (Å²) in [5.74, 6) is -1.03. The molecule has 8 heteroatoms. The van der Waals surface area contributed by atoms with Crippen molar-refractivity contribution in [3.63, 3.8) is 0 Å². The van der Waals surface area contributed by atoms with E-state index in [2.05, 4.69) is 0 Å². The summed E-state index contributed by atoms with van der Waals surface area (Å²) in [5.41, 5.74) is 3.10. The number of rotatable bonds is 5. The van der Waals surface area contributed by atoms with Crippen LogP contribution in [-0.2, 0) is 44.4 Å². The van der Waals surface area contributed by atoms with Crippen LogP contribution in [0.1, 0.15) is 47.6 Å². The van der Waals surface area contributed by atoms with E-state index in [1.54, 1.807) is 23.6 Å². The molecule has 2 aromatic heterocycles. The molecule has 4 heterocycles. The van der Waals surface area contributed by atoms with E-state index in [1.165, 1.54) is 6.08 Å². The van der Waals surface area contributed by atoms with Crippen molar-refractivity contribution in [1.29, 1.82) is 0 Å². The molecule has 0 amide bonds. The Kier molecular flexibility index (Phi) is 6.12. The van der Waals surface area contributed by atoms with Crippen LogP contribution in [0.3, 0.4) is 0 Å². The second-order valence-corrected chi connectivity index (χ2v) is 9.82. The first-order valence-corrected chi connectivity index (χ1v) is 12.8. The van der Waals surface area contributed by atoms with Crippen LogP contribution in [0.5, 0.6) is 0 Å². The Labute approximate surface area is 224 Å². The van der Waals surface area contributed by atoms with Gasteiger partial charge in [0, 0.05) is 22.6 Å². The first-order valence-electron chi connectivity index (χ1n) is 12.8. The monoisotopic (exact) mass is 522 g/mol. The Bertz CT molecular complexity index is 1720. The van der Waals surface area contributed by atoms with Crippen molar-refractivity contribution in [2.45, 2.75) is 45.1 Å². The first kappa shape index (κ1) is 24.8. The van der Waals surface area contributed by atoms with E-state index >= 15 is 0 Å². The lowest BCUT2D eigenvalue weighted by molar-refractivity contribution is -0.149. The fraction of sp³-hybridized carbons (Fsp3) is 0.226. The third kappa shape index (κ3) is 4.32. The van der Waals surface area contributed by atoms with Gasteiger partial charge in [0.2, 0.25) is 0 Å². The second-order valence-electron chi connectivity index (χ2n) is 9.82. The molecule has 1 N–H and O–H groups in total. The molecule has 8 nitrogen and oxygen atoms in total. The molecule has 6 rings (SSSR count). The molecule has 39 heavy (non-hydrogen) atoms. The van der Waals surface area contributed by atoms with Crippen LogP contribution < -0.4 is 5.56 Å². The second kappa shape index (κ2) is 9.63. The smallest absolute Gasteiger partial charge is 0.331 e. The van der Waals surface area contributed by atoms with Gasteiger partial charge in [-0.2, -0.15) is 0 Å². The highest BCUT2D eigenvalue weighted by Crippen LogP contribution is 2.40. The van der Waals surface area contributed by atoms with Gasteiger partial charge in [-0.1, -0.05) is 55.5 Å². The van der Waals surface area contributed by atoms with Gasteiger partial charge in [-0.25, -0.2) is 9.78 Å². The van der Waals surface area contributed by atoms with Gasteiger partial charge in [-0.15, -0.1) is 0 Å². The summed E-state index contributed by atoms with van der Waals surface area (Å²) in [6.07, 6.45) is 3.10. The molecule has 1 unspecified atom stereocenters. The standard InChI is InChI=1S/C31H26N2O6/c1-2-31(37)15-28(35)39-18-23-24(31)14-26-29-21(16-33(26)30(23)36)22(20-10-6-7-11-25(20)32-29)17-38-27(34)13-12-19-8-4-3-5-9-19/h3-14,37H,2,15-18H2,1H3/b13-12+. The van der Waals surface area contributed by atoms with Gasteiger partial charge in [0.1, 0.15) is 18.8 Å². The molecule has 0 saturated heterocycles. The van der Waals surface area contributed by atoms with E-state index in [0.717, 1.165) is 22.1 Å². The van der Waals surface area contributed by atoms with Crippen molar-refractivity contribution in [2.75, 3.05) is 0 Å². The zero-order chi connectivity index (χ0) is 27.1. The van der Waals surface area contributed by atoms with E-state index in [9.17, 15) is 19.5 Å². The fourth-order valence-electron chi connectivity index (χ4n) is 5.40. The lowest BCUT2D eigenvalue weighted by Crippen LogP contribution is -2.32. The lowest BCUT2D eigenvalue weighted by atomic mass is 9.85. The van der Waals surface area contributed by atoms with Crippen LogP contribution in [0.25, 0.3) is 28.4 Å². The maximum absolute atomic E-state index is 13.7. The number of ether oxygens (including phenoxy) is 2. The van der Waals surface area contributed by atoms with Gasteiger partial charge in [0.25, 0.3) is 5.56 Å². The number of para-hydroxylation sites is 1. The third-order valence-corrected chi connectivity index (χ3v) is 7.54. The summed E-state index contributed by atoms with van der Waals surface area (Å²) in [6, 6.07) is 18.8. The van der Waals surface area contributed by atoms with Gasteiger partial charge in [0.05, 0.1) is 35.4 Å². The molecule has 0 radical (unpaired) electrons. The summed E-state index contributed by atoms with van der Waals surface area (Å²) in [6.45, 7) is 1.80. The lowest BCUT2D eigenvalue weighted by Gasteiger charge is -2.26. The van der Waals surface area contributed by atoms with Crippen molar-refractivity contribution in [2.24, 2.45) is 0 Å². The summed E-state index contributed by atoms with van der Waals surface area (Å²) >= 11 is 0. The number of carbonyl (C=O) groups excluding carboxylic acids is 2. The van der Waals surface area contributed by atoms with Crippen molar-refractivity contribution < 1.29 is 24.2 Å². The topological polar surface area (TPSA) is 108 Å². The largest absolute Gasteiger partial charge is 0.460 e. The molecule has 2 aromatic carbocycles. The van der Waals surface area contributed by atoms with Gasteiger partial charge in [-0.05, 0) is 35.8 Å². The molecule has 196 valence electrons. The number of hydrogen-bond donors (Lipinski definition) is 1. The van der Waals surface area contributed by atoms with Gasteiger partial charge in [0.15, 0.2) is 0 Å². The number of hydrogen-bond acceptors (Lipinski definition) is 7. The van der Waals surface area contributed by atoms with E-state index in [4.69, 9.17) is 14.5 Å². The number of cyclic esters (lactones) is 1. The molecule has 0 saturated carbocycles. The zero-order valence-electron chi connectivity index (χ0n) is 21.3. The number of aliphatic hydroxyl groups is 1. The Morgan fingerprint density at radius 3 is 2.69 bits per heavy atom. The Balaban J connectivity index is 1.42. The number of benzene rings is 2. The average molecular weight is 523 g/mol. The van der Waals surface area contributed by atoms with Gasteiger partial charge < -0.3 is 19.1 Å². The highest BCUT2D eigenvalue weighted by Gasteiger charge is 2.39. The normalized spacial score (nSPS) is 17.8. The summed E-state index contributed by atoms with van der Waals surface area (Å²) < 4.78 is 12.5. The highest BCUT2D eigenvalue weighted by atomic mass is 16.5. The van der Waals surface area contributed by atoms with Crippen LogP contribution >= 0.6 is 0 Å². The quantitative estimate of drug-likeness (QED) is 0.272. The van der Waals surface area contributed by atoms with Crippen LogP contribution in [0.15, 0.2) is 71.5 Å². The number of nitrogens with zero attached hydrogens (tertiary/aromatic N) is 2. The van der Waals surface area contributed by atoms with E-state index in [0.29, 0.717) is 22.5 Å². The summed E-state index contributed by atoms with van der Waals surface area (Å²) in [4.78, 5) is 43.3. The SMILES string of the molecule is CCC1(O)CC(=O)OCc2c1cc1n(c2=O)Cc2c-1nc1ccccc1c2COC(=O)/C=C/c1ccccc1. The minimum Gasteiger partial charge on any atom is -0.460 e. The molecular weight excluding hydrogens is 496 g/mol. The summed E-state index contributed by atoms with van der Waals surface area (Å²) in [5, 5.41) is 12.2. The molecule has 0 fully saturated rings. The molecule has 0 aliphatic carbocycles. The molecule has 4 aromatic rings. The minimum atomic E-state index is -1.51. The minimum absolute atomic E-state index is 0.00228. The van der Waals surface area contributed by atoms with Crippen LogP contribution in [-0.4, -0.2) is 26.6 Å². The molecule has 1 atom stereocenters. The van der Waals surface area contributed by atoms with Crippen molar-refractivity contribution >= 4 is 28.9 Å². The Hall–Kier alpha value is -4.56. The van der Waals surface area contributed by atoms with Crippen LogP contribution in [0.4, 0.5) is 0 Å². The highest BCUT2D eigenvalue weighted by molar-refractivity contribution is 5.90. The van der Waals surface area contributed by atoms with Crippen molar-refractivity contribution in [1.82, 2.24) is 9.55 Å². The van der Waals surface area contributed by atoms with Crippen molar-refractivity contribution in [3.05, 3.63) is 105 Å². The number of fused-ring (bicyclic) bond motifs is 5. The first-order chi connectivity index (χ1) is 18.9. The van der Waals surface area contributed by atoms with Crippen LogP contribution in [0, 0.1) is 0 Å². The predicted octanol–water partition coefficient (Wildman–Crippen LogP) is 4.23. The van der Waals surface area contributed by atoms with E-state index in [-0.39, 0.29) is 43.7 Å². The molecule has 2 aliphatic heterocycles. The number of pyridine rings is 2. The maximum atomic E-state index is 13.7. The molecule has 0 bridgehead atoms. The zero-order valence-corrected chi connectivity index (χ0v) is 21.3. The third-order valence-electron chi connectivity index (χ3n) is 7.54. The molecule has 0 spiro atoms.